The fraction of sp³-hybridized carbons (Fsp3) is 0.615. The average molecular weight is 248 g/mol. The number of nitrogens with zero attached hydrogens (tertiary/aromatic N) is 2. The summed E-state index contributed by atoms with van der Waals surface area (Å²) in [5.41, 5.74) is 2.19. The number of aryl methyl sites for hydroxylation is 2. The summed E-state index contributed by atoms with van der Waals surface area (Å²) in [5, 5.41) is 14.4. The van der Waals surface area contributed by atoms with Crippen LogP contribution in [0.5, 0.6) is 0 Å². The molecule has 2 N–H and O–H groups in total. The Kier molecular flexibility index (Phi) is 4.25. The van der Waals surface area contributed by atoms with Gasteiger partial charge in [0, 0.05) is 12.6 Å². The van der Waals surface area contributed by atoms with Crippen LogP contribution in [0.15, 0.2) is 6.07 Å². The topological polar surface area (TPSA) is 66.9 Å². The molecule has 5 heteroatoms. The Bertz CT molecular complexity index is 427. The van der Waals surface area contributed by atoms with E-state index >= 15 is 0 Å². The molecule has 5 nitrogen and oxygen atoms in total. The number of carbonyl (C=O) groups is 1. The average Bonchev–Trinajstić information content (AvgIpc) is 2.89. The van der Waals surface area contributed by atoms with Gasteiger partial charge in [-0.25, -0.2) is 0 Å². The number of aromatic nitrogens is 2. The highest BCUT2D eigenvalue weighted by atomic mass is 16.1. The van der Waals surface area contributed by atoms with E-state index in [-0.39, 0.29) is 5.91 Å². The molecular weight excluding hydrogens is 228 g/mol. The molecule has 1 amide bonds. The van der Waals surface area contributed by atoms with Crippen molar-refractivity contribution in [2.45, 2.75) is 39.2 Å². The molecule has 1 fully saturated rings. The lowest BCUT2D eigenvalue weighted by molar-refractivity contribution is 0.0948. The zero-order valence-electron chi connectivity index (χ0n) is 11.0. The van der Waals surface area contributed by atoms with Gasteiger partial charge in [0.2, 0.25) is 0 Å². The third-order valence-electron chi connectivity index (χ3n) is 3.24. The van der Waals surface area contributed by atoms with Crippen molar-refractivity contribution in [2.75, 3.05) is 13.1 Å². The van der Waals surface area contributed by atoms with Crippen LogP contribution >= 0.6 is 0 Å². The minimum absolute atomic E-state index is 0.0430. The molecule has 18 heavy (non-hydrogen) atoms. The van der Waals surface area contributed by atoms with E-state index in [0.717, 1.165) is 30.8 Å². The zero-order valence-corrected chi connectivity index (χ0v) is 11.0. The molecule has 0 aliphatic carbocycles. The standard InChI is InChI=1S/C13H20N4O/c1-3-12-11(7-9(2)16-17-12)13(18)15-8-10-5-4-6-14-10/h7,10,14H,3-6,8H2,1-2H3,(H,15,18). The molecule has 1 unspecified atom stereocenters. The molecule has 1 aromatic rings. The monoisotopic (exact) mass is 248 g/mol. The second-order valence-electron chi connectivity index (χ2n) is 4.70. The molecule has 2 heterocycles. The van der Waals surface area contributed by atoms with E-state index in [2.05, 4.69) is 20.8 Å². The van der Waals surface area contributed by atoms with E-state index < -0.39 is 0 Å². The number of nitrogens with one attached hydrogen (secondary N) is 2. The van der Waals surface area contributed by atoms with Crippen LogP contribution in [0.25, 0.3) is 0 Å². The first-order valence-electron chi connectivity index (χ1n) is 6.55. The van der Waals surface area contributed by atoms with Crippen molar-refractivity contribution in [3.63, 3.8) is 0 Å². The Morgan fingerprint density at radius 3 is 3.06 bits per heavy atom. The molecule has 1 aliphatic rings. The lowest BCUT2D eigenvalue weighted by Gasteiger charge is -2.12. The van der Waals surface area contributed by atoms with Crippen molar-refractivity contribution < 1.29 is 4.79 Å². The van der Waals surface area contributed by atoms with Gasteiger partial charge < -0.3 is 10.6 Å². The Labute approximate surface area is 107 Å². The highest BCUT2D eigenvalue weighted by molar-refractivity contribution is 5.95. The third kappa shape index (κ3) is 3.04. The van der Waals surface area contributed by atoms with Crippen LogP contribution in [-0.2, 0) is 6.42 Å². The van der Waals surface area contributed by atoms with Crippen molar-refractivity contribution in [1.82, 2.24) is 20.8 Å². The summed E-state index contributed by atoms with van der Waals surface area (Å²) in [5.74, 6) is -0.0430. The zero-order chi connectivity index (χ0) is 13.0. The van der Waals surface area contributed by atoms with E-state index in [4.69, 9.17) is 0 Å². The molecule has 1 aliphatic heterocycles. The minimum atomic E-state index is -0.0430. The second kappa shape index (κ2) is 5.91. The lowest BCUT2D eigenvalue weighted by Crippen LogP contribution is -2.37. The maximum atomic E-state index is 12.1. The van der Waals surface area contributed by atoms with Gasteiger partial charge in [-0.2, -0.15) is 10.2 Å². The van der Waals surface area contributed by atoms with Crippen molar-refractivity contribution in [3.05, 3.63) is 23.0 Å². The summed E-state index contributed by atoms with van der Waals surface area (Å²) < 4.78 is 0. The minimum Gasteiger partial charge on any atom is -0.350 e. The van der Waals surface area contributed by atoms with Gasteiger partial charge in [-0.15, -0.1) is 0 Å². The van der Waals surface area contributed by atoms with E-state index in [0.29, 0.717) is 18.2 Å². The number of amides is 1. The van der Waals surface area contributed by atoms with Gasteiger partial charge in [0.15, 0.2) is 0 Å². The summed E-state index contributed by atoms with van der Waals surface area (Å²) >= 11 is 0. The highest BCUT2D eigenvalue weighted by Crippen LogP contribution is 2.08. The van der Waals surface area contributed by atoms with Crippen LogP contribution in [0.2, 0.25) is 0 Å². The Morgan fingerprint density at radius 1 is 1.56 bits per heavy atom. The number of carbonyl (C=O) groups excluding carboxylic acids is 1. The second-order valence-corrected chi connectivity index (χ2v) is 4.70. The fourth-order valence-corrected chi connectivity index (χ4v) is 2.21. The summed E-state index contributed by atoms with van der Waals surface area (Å²) in [4.78, 5) is 12.1. The van der Waals surface area contributed by atoms with Gasteiger partial charge >= 0.3 is 0 Å². The first kappa shape index (κ1) is 13.0. The summed E-state index contributed by atoms with van der Waals surface area (Å²) in [6, 6.07) is 2.22. The third-order valence-corrected chi connectivity index (χ3v) is 3.24. The van der Waals surface area contributed by atoms with Crippen molar-refractivity contribution >= 4 is 5.91 Å². The van der Waals surface area contributed by atoms with Gasteiger partial charge in [0.25, 0.3) is 5.91 Å². The van der Waals surface area contributed by atoms with Gasteiger partial charge in [-0.3, -0.25) is 4.79 Å². The number of hydrogen-bond donors (Lipinski definition) is 2. The molecule has 0 spiro atoms. The SMILES string of the molecule is CCc1nnc(C)cc1C(=O)NCC1CCCN1. The van der Waals surface area contributed by atoms with E-state index in [9.17, 15) is 4.79 Å². The fourth-order valence-electron chi connectivity index (χ4n) is 2.21. The molecule has 1 aromatic heterocycles. The molecule has 0 radical (unpaired) electrons. The Hall–Kier alpha value is -1.49. The highest BCUT2D eigenvalue weighted by Gasteiger charge is 2.17. The van der Waals surface area contributed by atoms with E-state index in [1.54, 1.807) is 0 Å². The van der Waals surface area contributed by atoms with Crippen molar-refractivity contribution in [3.8, 4) is 0 Å². The quantitative estimate of drug-likeness (QED) is 0.828. The van der Waals surface area contributed by atoms with Crippen LogP contribution in [0.1, 0.15) is 41.5 Å². The summed E-state index contributed by atoms with van der Waals surface area (Å²) in [6.45, 7) is 5.57. The summed E-state index contributed by atoms with van der Waals surface area (Å²) in [6.07, 6.45) is 3.04. The molecular formula is C13H20N4O. The van der Waals surface area contributed by atoms with Crippen molar-refractivity contribution in [2.24, 2.45) is 0 Å². The first-order chi connectivity index (χ1) is 8.70. The smallest absolute Gasteiger partial charge is 0.253 e. The predicted octanol–water partition coefficient (Wildman–Crippen LogP) is 0.829. The van der Waals surface area contributed by atoms with Crippen LogP contribution < -0.4 is 10.6 Å². The predicted molar refractivity (Wildman–Crippen MR) is 69.5 cm³/mol. The normalized spacial score (nSPS) is 18.9. The van der Waals surface area contributed by atoms with Gasteiger partial charge in [0.1, 0.15) is 0 Å². The maximum Gasteiger partial charge on any atom is 0.253 e. The summed E-state index contributed by atoms with van der Waals surface area (Å²) in [7, 11) is 0. The Balaban J connectivity index is 2.00. The number of rotatable bonds is 4. The van der Waals surface area contributed by atoms with E-state index in [1.807, 2.05) is 19.9 Å². The van der Waals surface area contributed by atoms with Gasteiger partial charge in [-0.05, 0) is 38.8 Å². The lowest BCUT2D eigenvalue weighted by atomic mass is 10.1. The maximum absolute atomic E-state index is 12.1. The van der Waals surface area contributed by atoms with Crippen LogP contribution in [0.3, 0.4) is 0 Å². The first-order valence-corrected chi connectivity index (χ1v) is 6.55. The number of hydrogen-bond acceptors (Lipinski definition) is 4. The molecule has 0 saturated carbocycles. The molecule has 1 atom stereocenters. The molecule has 2 rings (SSSR count). The van der Waals surface area contributed by atoms with Gasteiger partial charge in [0.05, 0.1) is 17.0 Å². The molecule has 98 valence electrons. The van der Waals surface area contributed by atoms with Crippen LogP contribution in [0.4, 0.5) is 0 Å². The van der Waals surface area contributed by atoms with Gasteiger partial charge in [-0.1, -0.05) is 6.92 Å². The molecule has 1 saturated heterocycles. The molecule has 0 bridgehead atoms. The van der Waals surface area contributed by atoms with Crippen LogP contribution in [0, 0.1) is 6.92 Å². The van der Waals surface area contributed by atoms with Crippen molar-refractivity contribution in [1.29, 1.82) is 0 Å². The molecule has 0 aromatic carbocycles. The Morgan fingerprint density at radius 2 is 2.39 bits per heavy atom. The largest absolute Gasteiger partial charge is 0.350 e. The van der Waals surface area contributed by atoms with E-state index in [1.165, 1.54) is 6.42 Å². The van der Waals surface area contributed by atoms with Crippen LogP contribution in [-0.4, -0.2) is 35.2 Å².